The molecule has 0 atom stereocenters. The van der Waals surface area contributed by atoms with Crippen LogP contribution in [0.1, 0.15) is 32.9 Å². The van der Waals surface area contributed by atoms with Crippen LogP contribution in [0.15, 0.2) is 39.9 Å². The van der Waals surface area contributed by atoms with E-state index < -0.39 is 47.0 Å². The fourth-order valence-corrected chi connectivity index (χ4v) is 6.39. The van der Waals surface area contributed by atoms with Crippen molar-refractivity contribution in [1.29, 1.82) is 0 Å². The number of Topliss-reactive ketones (excluding diaryl/α,β-unsaturated/α-hetero) is 1. The molecule has 0 radical (unpaired) electrons. The van der Waals surface area contributed by atoms with E-state index in [2.05, 4.69) is 10.3 Å². The number of thioether (sulfide) groups is 1. The number of aliphatic carboxylic acids is 1. The Bertz CT molecular complexity index is 1610. The average Bonchev–Trinajstić information content (AvgIpc) is 3.61. The topological polar surface area (TPSA) is 117 Å². The molecule has 1 fully saturated rings. The molecule has 3 heterocycles. The van der Waals surface area contributed by atoms with Crippen molar-refractivity contribution in [3.8, 4) is 11.1 Å². The molecule has 4 rings (SSSR count). The number of nitrogens with zero attached hydrogens (tertiary/aromatic N) is 2. The number of aromatic nitrogens is 1. The molecule has 0 spiro atoms. The van der Waals surface area contributed by atoms with E-state index in [1.807, 2.05) is 0 Å². The number of hydrogen-bond donors (Lipinski definition) is 2. The maximum absolute atomic E-state index is 13.2. The highest BCUT2D eigenvalue weighted by Gasteiger charge is 2.37. The second kappa shape index (κ2) is 11.9. The maximum atomic E-state index is 13.2. The lowest BCUT2D eigenvalue weighted by Gasteiger charge is -2.13. The van der Waals surface area contributed by atoms with Gasteiger partial charge in [-0.15, -0.1) is 22.7 Å². The molecule has 2 aromatic heterocycles. The molecular formula is C24H13F6N3O5S4. The molecule has 0 saturated carbocycles. The SMILES string of the molecule is O=C(CCN1C(=O)/C(=C/c2cc(-c3cc(C(F)(F)F)cc(C(F)(F)F)c3)cs2)SC1=S)Nc1nc(C(=O)C(=O)O)cs1. The van der Waals surface area contributed by atoms with E-state index in [0.29, 0.717) is 17.0 Å². The van der Waals surface area contributed by atoms with Crippen LogP contribution in [-0.2, 0) is 26.7 Å². The lowest BCUT2D eigenvalue weighted by atomic mass is 10.0. The van der Waals surface area contributed by atoms with Gasteiger partial charge in [0.25, 0.3) is 11.7 Å². The van der Waals surface area contributed by atoms with Gasteiger partial charge in [-0.1, -0.05) is 24.0 Å². The number of nitrogens with one attached hydrogen (secondary N) is 1. The first-order chi connectivity index (χ1) is 19.5. The highest BCUT2D eigenvalue weighted by molar-refractivity contribution is 8.26. The number of alkyl halides is 6. The minimum Gasteiger partial charge on any atom is -0.475 e. The predicted octanol–water partition coefficient (Wildman–Crippen LogP) is 6.41. The van der Waals surface area contributed by atoms with E-state index in [4.69, 9.17) is 17.3 Å². The first-order valence-corrected chi connectivity index (χ1v) is 14.2. The second-order valence-electron chi connectivity index (χ2n) is 8.34. The van der Waals surface area contributed by atoms with Crippen molar-refractivity contribution in [3.05, 3.63) is 61.6 Å². The van der Waals surface area contributed by atoms with Crippen LogP contribution in [0, 0.1) is 0 Å². The number of thiocarbonyl (C=S) groups is 1. The molecule has 8 nitrogen and oxygen atoms in total. The number of carboxylic acids is 1. The van der Waals surface area contributed by atoms with Crippen molar-refractivity contribution in [1.82, 2.24) is 9.88 Å². The number of benzene rings is 1. The van der Waals surface area contributed by atoms with Crippen LogP contribution in [0.5, 0.6) is 0 Å². The molecule has 2 amide bonds. The maximum Gasteiger partial charge on any atom is 0.416 e. The number of halogens is 6. The van der Waals surface area contributed by atoms with Crippen molar-refractivity contribution in [2.75, 3.05) is 11.9 Å². The first-order valence-electron chi connectivity index (χ1n) is 11.2. The number of thiazole rings is 1. The monoisotopic (exact) mass is 665 g/mol. The van der Waals surface area contributed by atoms with Crippen molar-refractivity contribution in [2.24, 2.45) is 0 Å². The number of thiophene rings is 1. The third kappa shape index (κ3) is 7.23. The summed E-state index contributed by atoms with van der Waals surface area (Å²) in [6.07, 6.45) is -8.84. The Labute approximate surface area is 249 Å². The molecule has 3 aromatic rings. The zero-order valence-corrected chi connectivity index (χ0v) is 23.6. The molecule has 0 unspecified atom stereocenters. The number of amides is 2. The summed E-state index contributed by atoms with van der Waals surface area (Å²) in [7, 11) is 0. The molecule has 2 N–H and O–H groups in total. The van der Waals surface area contributed by atoms with E-state index in [1.54, 1.807) is 0 Å². The third-order valence-electron chi connectivity index (χ3n) is 5.43. The summed E-state index contributed by atoms with van der Waals surface area (Å²) in [5.41, 5.74) is -3.46. The fraction of sp³-hybridized carbons (Fsp3) is 0.167. The molecule has 220 valence electrons. The Hall–Kier alpha value is -3.61. The molecule has 0 bridgehead atoms. The van der Waals surface area contributed by atoms with Crippen molar-refractivity contribution in [2.45, 2.75) is 18.8 Å². The fourth-order valence-electron chi connectivity index (χ4n) is 3.46. The minimum absolute atomic E-state index is 0.0218. The van der Waals surface area contributed by atoms with E-state index in [0.717, 1.165) is 44.7 Å². The van der Waals surface area contributed by atoms with Crippen molar-refractivity contribution >= 4 is 85.7 Å². The van der Waals surface area contributed by atoms with Gasteiger partial charge in [0.05, 0.1) is 16.0 Å². The second-order valence-corrected chi connectivity index (χ2v) is 11.8. The van der Waals surface area contributed by atoms with Gasteiger partial charge in [0.1, 0.15) is 10.0 Å². The first kappa shape index (κ1) is 31.3. The Morgan fingerprint density at radius 1 is 0.976 bits per heavy atom. The summed E-state index contributed by atoms with van der Waals surface area (Å²) < 4.78 is 79.5. The zero-order chi connectivity index (χ0) is 31.0. The van der Waals surface area contributed by atoms with E-state index >= 15 is 0 Å². The van der Waals surface area contributed by atoms with Crippen LogP contribution >= 0.6 is 46.7 Å². The van der Waals surface area contributed by atoms with E-state index in [-0.39, 0.29) is 50.2 Å². The minimum atomic E-state index is -5.00. The quantitative estimate of drug-likeness (QED) is 0.0933. The largest absolute Gasteiger partial charge is 0.475 e. The van der Waals surface area contributed by atoms with Gasteiger partial charge in [0, 0.05) is 23.2 Å². The van der Waals surface area contributed by atoms with Crippen LogP contribution in [0.25, 0.3) is 17.2 Å². The van der Waals surface area contributed by atoms with E-state index in [9.17, 15) is 45.5 Å². The van der Waals surface area contributed by atoms with Gasteiger partial charge in [-0.2, -0.15) is 26.3 Å². The predicted molar refractivity (Wildman–Crippen MR) is 147 cm³/mol. The standard InChI is InChI=1S/C24H13F6N3O5S4/c25-23(26,27)12-3-10(4-13(6-12)24(28,29)30)11-5-14(40-8-11)7-16-19(36)33(22(39)42-16)2-1-17(34)32-21-31-15(9-41-21)18(35)20(37)38/h3-9H,1-2H2,(H,37,38)(H,31,32,34)/b16-7-. The Balaban J connectivity index is 1.44. The smallest absolute Gasteiger partial charge is 0.416 e. The highest BCUT2D eigenvalue weighted by Crippen LogP contribution is 2.40. The van der Waals surface area contributed by atoms with Gasteiger partial charge in [0.15, 0.2) is 5.13 Å². The van der Waals surface area contributed by atoms with Gasteiger partial charge < -0.3 is 10.4 Å². The number of carbonyl (C=O) groups excluding carboxylic acids is 3. The molecule has 1 saturated heterocycles. The van der Waals surface area contributed by atoms with Gasteiger partial charge in [-0.25, -0.2) is 9.78 Å². The number of carboxylic acid groups (broad SMARTS) is 1. The average molecular weight is 666 g/mol. The third-order valence-corrected chi connectivity index (χ3v) is 8.44. The van der Waals surface area contributed by atoms with Gasteiger partial charge in [-0.3, -0.25) is 19.3 Å². The molecule has 18 heteroatoms. The summed E-state index contributed by atoms with van der Waals surface area (Å²) in [6.45, 7) is -0.139. The van der Waals surface area contributed by atoms with Gasteiger partial charge in [-0.05, 0) is 46.8 Å². The molecule has 1 aromatic carbocycles. The molecule has 42 heavy (non-hydrogen) atoms. The van der Waals surface area contributed by atoms with Crippen LogP contribution in [0.4, 0.5) is 31.5 Å². The van der Waals surface area contributed by atoms with Crippen LogP contribution in [0.2, 0.25) is 0 Å². The van der Waals surface area contributed by atoms with Crippen LogP contribution in [-0.4, -0.2) is 49.4 Å². The summed E-state index contributed by atoms with van der Waals surface area (Å²) in [5.74, 6) is -4.10. The normalized spacial score (nSPS) is 15.0. The lowest BCUT2D eigenvalue weighted by Crippen LogP contribution is -2.31. The van der Waals surface area contributed by atoms with Gasteiger partial charge in [0.2, 0.25) is 5.91 Å². The number of anilines is 1. The van der Waals surface area contributed by atoms with Crippen LogP contribution < -0.4 is 5.32 Å². The van der Waals surface area contributed by atoms with Crippen molar-refractivity contribution in [3.63, 3.8) is 0 Å². The summed E-state index contributed by atoms with van der Waals surface area (Å²) in [4.78, 5) is 52.7. The summed E-state index contributed by atoms with van der Waals surface area (Å²) in [5, 5.41) is 13.6. The number of ketones is 1. The summed E-state index contributed by atoms with van der Waals surface area (Å²) >= 11 is 7.94. The van der Waals surface area contributed by atoms with E-state index in [1.165, 1.54) is 17.5 Å². The number of carbonyl (C=O) groups is 4. The lowest BCUT2D eigenvalue weighted by molar-refractivity contribution is -0.143. The Morgan fingerprint density at radius 3 is 2.21 bits per heavy atom. The summed E-state index contributed by atoms with van der Waals surface area (Å²) in [6, 6.07) is 2.61. The Kier molecular flexibility index (Phi) is 8.91. The molecule has 1 aliphatic heterocycles. The highest BCUT2D eigenvalue weighted by atomic mass is 32.2. The van der Waals surface area contributed by atoms with Crippen LogP contribution in [0.3, 0.4) is 0 Å². The number of rotatable bonds is 8. The zero-order valence-electron chi connectivity index (χ0n) is 20.3. The van der Waals surface area contributed by atoms with Gasteiger partial charge >= 0.3 is 18.3 Å². The van der Waals surface area contributed by atoms with Crippen molar-refractivity contribution < 1.29 is 50.6 Å². The molecular weight excluding hydrogens is 653 g/mol. The molecule has 0 aliphatic carbocycles. The molecule has 1 aliphatic rings. The Morgan fingerprint density at radius 2 is 1.62 bits per heavy atom. The number of hydrogen-bond acceptors (Lipinski definition) is 9.